The number of hydrogen-bond acceptors (Lipinski definition) is 2. The minimum Gasteiger partial charge on any atom is -0.396 e. The summed E-state index contributed by atoms with van der Waals surface area (Å²) in [7, 11) is 0. The van der Waals surface area contributed by atoms with Gasteiger partial charge in [0.15, 0.2) is 0 Å². The molecule has 0 aromatic carbocycles. The molecule has 11 heavy (non-hydrogen) atoms. The van der Waals surface area contributed by atoms with Crippen molar-refractivity contribution in [3.63, 3.8) is 0 Å². The zero-order chi connectivity index (χ0) is 8.27. The zero-order valence-electron chi connectivity index (χ0n) is 7.16. The molecule has 0 aliphatic heterocycles. The van der Waals surface area contributed by atoms with Crippen LogP contribution in [0, 0.1) is 17.8 Å². The molecule has 2 heteroatoms. The van der Waals surface area contributed by atoms with Crippen LogP contribution in [-0.4, -0.2) is 23.4 Å². The first-order valence-electron chi connectivity index (χ1n) is 4.51. The van der Waals surface area contributed by atoms with Gasteiger partial charge in [-0.15, -0.1) is 0 Å². The highest BCUT2D eigenvalue weighted by Crippen LogP contribution is 2.33. The van der Waals surface area contributed by atoms with Gasteiger partial charge in [0.05, 0.1) is 0 Å². The van der Waals surface area contributed by atoms with E-state index < -0.39 is 0 Å². The predicted molar refractivity (Wildman–Crippen MR) is 44.2 cm³/mol. The summed E-state index contributed by atoms with van der Waals surface area (Å²) in [4.78, 5) is 0. The molecule has 1 aliphatic carbocycles. The molecule has 0 amide bonds. The van der Waals surface area contributed by atoms with E-state index in [-0.39, 0.29) is 13.2 Å². The first-order valence-corrected chi connectivity index (χ1v) is 4.51. The Balaban J connectivity index is 2.48. The van der Waals surface area contributed by atoms with E-state index in [4.69, 9.17) is 10.2 Å². The maximum atomic E-state index is 9.05. The third-order valence-electron chi connectivity index (χ3n) is 3.02. The quantitative estimate of drug-likeness (QED) is 0.630. The van der Waals surface area contributed by atoms with Gasteiger partial charge in [-0.3, -0.25) is 0 Å². The van der Waals surface area contributed by atoms with Crippen LogP contribution in [0.15, 0.2) is 0 Å². The molecular weight excluding hydrogens is 140 g/mol. The highest BCUT2D eigenvalue weighted by molar-refractivity contribution is 4.78. The maximum Gasteiger partial charge on any atom is 0.0465 e. The maximum absolute atomic E-state index is 9.05. The van der Waals surface area contributed by atoms with Gasteiger partial charge in [0.1, 0.15) is 0 Å². The highest BCUT2D eigenvalue weighted by Gasteiger charge is 2.29. The fourth-order valence-corrected chi connectivity index (χ4v) is 2.15. The number of hydrogen-bond donors (Lipinski definition) is 2. The molecule has 1 fully saturated rings. The minimum atomic E-state index is 0.242. The summed E-state index contributed by atoms with van der Waals surface area (Å²) in [5.41, 5.74) is 0. The topological polar surface area (TPSA) is 40.5 Å². The first-order chi connectivity index (χ1) is 5.29. The molecule has 66 valence electrons. The number of aliphatic hydroxyl groups is 2. The number of rotatable bonds is 2. The fourth-order valence-electron chi connectivity index (χ4n) is 2.15. The van der Waals surface area contributed by atoms with Gasteiger partial charge in [0.25, 0.3) is 0 Å². The Morgan fingerprint density at radius 3 is 2.36 bits per heavy atom. The molecule has 0 spiro atoms. The van der Waals surface area contributed by atoms with Gasteiger partial charge >= 0.3 is 0 Å². The van der Waals surface area contributed by atoms with Gasteiger partial charge in [-0.05, 0) is 24.2 Å². The summed E-state index contributed by atoms with van der Waals surface area (Å²) in [6.07, 6.45) is 3.51. The fraction of sp³-hybridized carbons (Fsp3) is 1.00. The van der Waals surface area contributed by atoms with Crippen LogP contribution < -0.4 is 0 Å². The van der Waals surface area contributed by atoms with Crippen molar-refractivity contribution >= 4 is 0 Å². The molecule has 1 aliphatic rings. The molecular formula is C9H18O2. The first kappa shape index (κ1) is 9.01. The lowest BCUT2D eigenvalue weighted by Crippen LogP contribution is -2.31. The van der Waals surface area contributed by atoms with E-state index >= 15 is 0 Å². The third-order valence-corrected chi connectivity index (χ3v) is 3.02. The standard InChI is InChI=1S/C9H18O2/c1-7-3-2-4-8(5-10)9(7)6-11/h7-11H,2-6H2,1H3/t7-,8+,9+/m1/s1. The number of aliphatic hydroxyl groups excluding tert-OH is 2. The Morgan fingerprint density at radius 1 is 1.18 bits per heavy atom. The van der Waals surface area contributed by atoms with E-state index in [0.29, 0.717) is 17.8 Å². The monoisotopic (exact) mass is 158 g/mol. The van der Waals surface area contributed by atoms with Gasteiger partial charge < -0.3 is 10.2 Å². The molecule has 1 saturated carbocycles. The smallest absolute Gasteiger partial charge is 0.0465 e. The van der Waals surface area contributed by atoms with Crippen molar-refractivity contribution in [2.24, 2.45) is 17.8 Å². The summed E-state index contributed by atoms with van der Waals surface area (Å²) in [5.74, 6) is 1.28. The molecule has 2 N–H and O–H groups in total. The van der Waals surface area contributed by atoms with Crippen molar-refractivity contribution in [1.82, 2.24) is 0 Å². The highest BCUT2D eigenvalue weighted by atomic mass is 16.3. The van der Waals surface area contributed by atoms with Crippen molar-refractivity contribution in [3.05, 3.63) is 0 Å². The Labute approximate surface area is 68.2 Å². The van der Waals surface area contributed by atoms with Crippen LogP contribution in [0.1, 0.15) is 26.2 Å². The summed E-state index contributed by atoms with van der Waals surface area (Å²) < 4.78 is 0. The average Bonchev–Trinajstić information content (AvgIpc) is 2.04. The van der Waals surface area contributed by atoms with E-state index in [1.54, 1.807) is 0 Å². The van der Waals surface area contributed by atoms with Crippen LogP contribution in [0.2, 0.25) is 0 Å². The van der Waals surface area contributed by atoms with E-state index in [1.807, 2.05) is 0 Å². The minimum absolute atomic E-state index is 0.242. The molecule has 3 atom stereocenters. The molecule has 0 unspecified atom stereocenters. The summed E-state index contributed by atoms with van der Waals surface area (Å²) >= 11 is 0. The van der Waals surface area contributed by atoms with E-state index in [1.165, 1.54) is 12.8 Å². The Bertz CT molecular complexity index is 114. The van der Waals surface area contributed by atoms with Gasteiger partial charge in [-0.1, -0.05) is 19.8 Å². The van der Waals surface area contributed by atoms with Crippen LogP contribution in [0.4, 0.5) is 0 Å². The van der Waals surface area contributed by atoms with Crippen molar-refractivity contribution < 1.29 is 10.2 Å². The zero-order valence-corrected chi connectivity index (χ0v) is 7.16. The van der Waals surface area contributed by atoms with Crippen molar-refractivity contribution in [1.29, 1.82) is 0 Å². The molecule has 0 aromatic rings. The van der Waals surface area contributed by atoms with Crippen molar-refractivity contribution in [2.45, 2.75) is 26.2 Å². The largest absolute Gasteiger partial charge is 0.396 e. The van der Waals surface area contributed by atoms with Gasteiger partial charge in [-0.25, -0.2) is 0 Å². The lowest BCUT2D eigenvalue weighted by molar-refractivity contribution is 0.0519. The Hall–Kier alpha value is -0.0800. The van der Waals surface area contributed by atoms with Crippen LogP contribution in [0.25, 0.3) is 0 Å². The second-order valence-corrected chi connectivity index (χ2v) is 3.70. The van der Waals surface area contributed by atoms with Gasteiger partial charge in [0, 0.05) is 13.2 Å². The Kier molecular flexibility index (Phi) is 3.34. The van der Waals surface area contributed by atoms with Crippen molar-refractivity contribution in [2.75, 3.05) is 13.2 Å². The lowest BCUT2D eigenvalue weighted by atomic mass is 9.73. The normalized spacial score (nSPS) is 39.0. The molecule has 0 saturated heterocycles. The van der Waals surface area contributed by atoms with Crippen molar-refractivity contribution in [3.8, 4) is 0 Å². The molecule has 0 radical (unpaired) electrons. The van der Waals surface area contributed by atoms with E-state index in [9.17, 15) is 0 Å². The summed E-state index contributed by atoms with van der Waals surface area (Å²) in [6.45, 7) is 2.66. The lowest BCUT2D eigenvalue weighted by Gasteiger charge is -2.34. The van der Waals surface area contributed by atoms with Crippen LogP contribution in [0.5, 0.6) is 0 Å². The second-order valence-electron chi connectivity index (χ2n) is 3.70. The van der Waals surface area contributed by atoms with E-state index in [0.717, 1.165) is 6.42 Å². The van der Waals surface area contributed by atoms with E-state index in [2.05, 4.69) is 6.92 Å². The summed E-state index contributed by atoms with van der Waals surface area (Å²) in [6, 6.07) is 0. The van der Waals surface area contributed by atoms with Crippen LogP contribution in [-0.2, 0) is 0 Å². The van der Waals surface area contributed by atoms with Gasteiger partial charge in [-0.2, -0.15) is 0 Å². The van der Waals surface area contributed by atoms with Gasteiger partial charge in [0.2, 0.25) is 0 Å². The molecule has 0 bridgehead atoms. The van der Waals surface area contributed by atoms with Crippen LogP contribution in [0.3, 0.4) is 0 Å². The molecule has 0 heterocycles. The molecule has 0 aromatic heterocycles. The summed E-state index contributed by atoms with van der Waals surface area (Å²) in [5, 5.41) is 18.1. The second kappa shape index (κ2) is 4.07. The SMILES string of the molecule is C[C@@H]1CCC[C@@H](CO)[C@H]1CO. The molecule has 2 nitrogen and oxygen atoms in total. The molecule has 1 rings (SSSR count). The Morgan fingerprint density at radius 2 is 1.91 bits per heavy atom. The predicted octanol–water partition coefficient (Wildman–Crippen LogP) is 1.02. The third kappa shape index (κ3) is 1.94. The van der Waals surface area contributed by atoms with Crippen LogP contribution >= 0.6 is 0 Å². The average molecular weight is 158 g/mol.